The minimum atomic E-state index is -1.08. The first kappa shape index (κ1) is 16.0. The number of hydrogen-bond donors (Lipinski definition) is 0. The largest absolute Gasteiger partial charge is 1.00 e. The van der Waals surface area contributed by atoms with Crippen molar-refractivity contribution in [3.63, 3.8) is 0 Å². The van der Waals surface area contributed by atoms with Crippen LogP contribution in [-0.4, -0.2) is 5.97 Å². The average Bonchev–Trinajstić information content (AvgIpc) is 0.811. The fraction of sp³-hybridized carbons (Fsp3) is 0.500. The van der Waals surface area contributed by atoms with Gasteiger partial charge in [0.1, 0.15) is 0 Å². The summed E-state index contributed by atoms with van der Waals surface area (Å²) in [6.07, 6.45) is 0. The van der Waals surface area contributed by atoms with Crippen molar-refractivity contribution in [2.45, 2.75) is 6.92 Å². The first-order valence-corrected chi connectivity index (χ1v) is 0.908. The molecule has 0 unspecified atom stereocenters. The summed E-state index contributed by atoms with van der Waals surface area (Å²) >= 11 is 0. The van der Waals surface area contributed by atoms with Crippen LogP contribution in [0.4, 0.5) is 0 Å². The van der Waals surface area contributed by atoms with Crippen LogP contribution in [0.15, 0.2) is 0 Å². The van der Waals surface area contributed by atoms with Crippen molar-refractivity contribution in [1.82, 2.24) is 0 Å². The molecule has 0 N–H and O–H groups in total. The van der Waals surface area contributed by atoms with Crippen LogP contribution in [0.2, 0.25) is 0 Å². The topological polar surface area (TPSA) is 40.1 Å². The summed E-state index contributed by atoms with van der Waals surface area (Å²) in [5, 5.41) is 8.89. The van der Waals surface area contributed by atoms with E-state index in [2.05, 4.69) is 0 Å². The Balaban J connectivity index is -0.0000000450. The van der Waals surface area contributed by atoms with Gasteiger partial charge in [-0.1, -0.05) is 0 Å². The fourth-order valence-corrected chi connectivity index (χ4v) is 0. The van der Waals surface area contributed by atoms with E-state index in [1.165, 1.54) is 0 Å². The molecule has 0 radical (unpaired) electrons. The van der Waals surface area contributed by atoms with Gasteiger partial charge >= 0.3 is 18.9 Å². The predicted octanol–water partition coefficient (Wildman–Crippen LogP) is -4.24. The minimum Gasteiger partial charge on any atom is -0.550 e. The van der Waals surface area contributed by atoms with Gasteiger partial charge in [0.05, 0.1) is 0 Å². The van der Waals surface area contributed by atoms with Crippen molar-refractivity contribution in [3.05, 3.63) is 0 Å². The maximum Gasteiger partial charge on any atom is 1.00 e. The molecule has 0 saturated heterocycles. The van der Waals surface area contributed by atoms with Gasteiger partial charge in [-0.15, -0.1) is 0 Å². The third-order valence-electron chi connectivity index (χ3n) is 0. The van der Waals surface area contributed by atoms with E-state index in [1.54, 1.807) is 0 Å². The van der Waals surface area contributed by atoms with Crippen molar-refractivity contribution >= 4 is 5.97 Å². The molecule has 0 heterocycles. The average molecular weight is 122 g/mol. The smallest absolute Gasteiger partial charge is 0.550 e. The first-order valence-electron chi connectivity index (χ1n) is 0.908. The van der Waals surface area contributed by atoms with E-state index in [-0.39, 0.29) is 35.9 Å². The molecule has 0 spiro atoms. The zero-order chi connectivity index (χ0) is 3.58. The van der Waals surface area contributed by atoms with Crippen LogP contribution in [-0.2, 0) is 21.9 Å². The van der Waals surface area contributed by atoms with Crippen molar-refractivity contribution in [2.75, 3.05) is 0 Å². The van der Waals surface area contributed by atoms with Crippen molar-refractivity contribution in [1.29, 1.82) is 0 Å². The van der Waals surface area contributed by atoms with Crippen LogP contribution in [0.25, 0.3) is 0 Å². The predicted molar refractivity (Wildman–Crippen MR) is 10.7 cm³/mol. The van der Waals surface area contributed by atoms with E-state index in [1.807, 2.05) is 0 Å². The summed E-state index contributed by atoms with van der Waals surface area (Å²) in [7, 11) is 0. The molecule has 0 aromatic rings. The van der Waals surface area contributed by atoms with Gasteiger partial charge in [-0.2, -0.15) is 0 Å². The molecule has 0 aromatic carbocycles. The van der Waals surface area contributed by atoms with E-state index in [0.29, 0.717) is 0 Å². The molecule has 0 bridgehead atoms. The second-order valence-corrected chi connectivity index (χ2v) is 0.492. The summed E-state index contributed by atoms with van der Waals surface area (Å²) in [6, 6.07) is 0. The number of carbonyl (C=O) groups is 1. The van der Waals surface area contributed by atoms with Crippen LogP contribution in [0, 0.1) is 0 Å². The second-order valence-electron chi connectivity index (χ2n) is 0.492. The van der Waals surface area contributed by atoms with E-state index in [0.717, 1.165) is 6.92 Å². The van der Waals surface area contributed by atoms with Gasteiger partial charge < -0.3 is 9.90 Å². The molecule has 0 amide bonds. The molecule has 0 rings (SSSR count). The maximum atomic E-state index is 8.89. The quantitative estimate of drug-likeness (QED) is 0.305. The van der Waals surface area contributed by atoms with Crippen molar-refractivity contribution < 1.29 is 45.8 Å². The Kier molecular flexibility index (Phi) is 24.3. The Labute approximate surface area is 59.0 Å². The molecule has 6 heavy (non-hydrogen) atoms. The van der Waals surface area contributed by atoms with E-state index >= 15 is 0 Å². The van der Waals surface area contributed by atoms with Crippen molar-refractivity contribution in [3.8, 4) is 0 Å². The summed E-state index contributed by atoms with van der Waals surface area (Å²) < 4.78 is 0. The molecule has 0 aliphatic heterocycles. The molecule has 2 nitrogen and oxygen atoms in total. The van der Waals surface area contributed by atoms with Gasteiger partial charge in [0, 0.05) is 23.0 Å². The van der Waals surface area contributed by atoms with Gasteiger partial charge in [0.2, 0.25) is 0 Å². The molecule has 32 valence electrons. The molecule has 0 atom stereocenters. The standard InChI is InChI=1S/C2H4O2.Fe.Li/c1-2(3)4;;/h1H3,(H,3,4);;/q;;+1/p-1. The maximum absolute atomic E-state index is 8.89. The molecular weight excluding hydrogens is 119 g/mol. The molecular formula is C2H3FeLiO2. The third-order valence-corrected chi connectivity index (χ3v) is 0. The SMILES string of the molecule is CC(=O)[O-].[Fe].[Li+]. The van der Waals surface area contributed by atoms with Gasteiger partial charge in [-0.25, -0.2) is 0 Å². The third kappa shape index (κ3) is 171. The summed E-state index contributed by atoms with van der Waals surface area (Å²) in [4.78, 5) is 8.89. The minimum absolute atomic E-state index is 0. The van der Waals surface area contributed by atoms with Crippen LogP contribution >= 0.6 is 0 Å². The normalized spacial score (nSPS) is 4.17. The fourth-order valence-electron chi connectivity index (χ4n) is 0. The summed E-state index contributed by atoms with van der Waals surface area (Å²) in [5.41, 5.74) is 0. The molecule has 0 saturated carbocycles. The van der Waals surface area contributed by atoms with Crippen molar-refractivity contribution in [2.24, 2.45) is 0 Å². The van der Waals surface area contributed by atoms with Gasteiger partial charge in [-0.3, -0.25) is 0 Å². The Morgan fingerprint density at radius 1 is 1.67 bits per heavy atom. The number of carboxylic acid groups (broad SMARTS) is 1. The number of carbonyl (C=O) groups excluding carboxylic acids is 1. The summed E-state index contributed by atoms with van der Waals surface area (Å²) in [6.45, 7) is 0.972. The van der Waals surface area contributed by atoms with Crippen LogP contribution in [0.1, 0.15) is 6.92 Å². The van der Waals surface area contributed by atoms with Crippen LogP contribution in [0.3, 0.4) is 0 Å². The Hall–Kier alpha value is 0.587. The Morgan fingerprint density at radius 2 is 1.67 bits per heavy atom. The Morgan fingerprint density at radius 3 is 1.67 bits per heavy atom. The Bertz CT molecular complexity index is 34.5. The van der Waals surface area contributed by atoms with E-state index in [9.17, 15) is 0 Å². The summed E-state index contributed by atoms with van der Waals surface area (Å²) in [5.74, 6) is -1.08. The monoisotopic (exact) mass is 122 g/mol. The number of hydrogen-bond acceptors (Lipinski definition) is 2. The van der Waals surface area contributed by atoms with Gasteiger partial charge in [0.15, 0.2) is 0 Å². The first-order chi connectivity index (χ1) is 1.73. The van der Waals surface area contributed by atoms with Gasteiger partial charge in [0.25, 0.3) is 0 Å². The molecule has 0 aliphatic carbocycles. The van der Waals surface area contributed by atoms with E-state index < -0.39 is 5.97 Å². The zero-order valence-electron chi connectivity index (χ0n) is 3.67. The van der Waals surface area contributed by atoms with Crippen LogP contribution in [0.5, 0.6) is 0 Å². The molecule has 0 fully saturated rings. The zero-order valence-corrected chi connectivity index (χ0v) is 4.77. The molecule has 4 heteroatoms. The van der Waals surface area contributed by atoms with E-state index in [4.69, 9.17) is 9.90 Å². The number of rotatable bonds is 0. The van der Waals surface area contributed by atoms with Gasteiger partial charge in [-0.05, 0) is 6.92 Å². The molecule has 0 aromatic heterocycles. The number of carboxylic acids is 1. The molecule has 0 aliphatic rings. The van der Waals surface area contributed by atoms with Crippen LogP contribution < -0.4 is 24.0 Å². The second kappa shape index (κ2) is 9.14. The number of aliphatic carboxylic acids is 1.